The molecule has 1 heterocycles. The minimum atomic E-state index is -0.217. The van der Waals surface area contributed by atoms with E-state index in [2.05, 4.69) is 37.2 Å². The quantitative estimate of drug-likeness (QED) is 0.755. The fourth-order valence-corrected chi connectivity index (χ4v) is 4.26. The fourth-order valence-electron chi connectivity index (χ4n) is 1.47. The molecule has 4 nitrogen and oxygen atoms in total. The first-order valence-corrected chi connectivity index (χ1v) is 7.61. The van der Waals surface area contributed by atoms with Crippen molar-refractivity contribution in [3.05, 3.63) is 37.4 Å². The second-order valence-corrected chi connectivity index (χ2v) is 7.39. The van der Waals surface area contributed by atoms with Crippen molar-refractivity contribution < 1.29 is 9.53 Å². The molecule has 7 heteroatoms. The molecule has 0 fully saturated rings. The maximum Gasteiger partial charge on any atom is 0.257 e. The van der Waals surface area contributed by atoms with Crippen LogP contribution in [0.3, 0.4) is 0 Å². The number of nitrogens with one attached hydrogen (secondary N) is 1. The summed E-state index contributed by atoms with van der Waals surface area (Å²) in [5.41, 5.74) is 7.43. The summed E-state index contributed by atoms with van der Waals surface area (Å²) >= 11 is 8.13. The summed E-state index contributed by atoms with van der Waals surface area (Å²) in [5.74, 6) is 0.431. The lowest BCUT2D eigenvalue weighted by molar-refractivity contribution is 0.102. The number of rotatable bonds is 3. The molecule has 0 aliphatic rings. The van der Waals surface area contributed by atoms with Crippen molar-refractivity contribution in [2.24, 2.45) is 0 Å². The van der Waals surface area contributed by atoms with E-state index < -0.39 is 0 Å². The monoisotopic (exact) mass is 404 g/mol. The predicted molar refractivity (Wildman–Crippen MR) is 85.1 cm³/mol. The molecule has 0 saturated heterocycles. The van der Waals surface area contributed by atoms with Crippen molar-refractivity contribution in [2.45, 2.75) is 0 Å². The van der Waals surface area contributed by atoms with Gasteiger partial charge in [0.2, 0.25) is 0 Å². The fraction of sp³-hybridized carbons (Fsp3) is 0.0833. The highest BCUT2D eigenvalue weighted by Gasteiger charge is 2.14. The van der Waals surface area contributed by atoms with Crippen LogP contribution >= 0.6 is 43.2 Å². The molecule has 0 atom stereocenters. The van der Waals surface area contributed by atoms with E-state index in [-0.39, 0.29) is 5.91 Å². The molecule has 2 rings (SSSR count). The topological polar surface area (TPSA) is 64.3 Å². The number of carbonyl (C=O) groups excluding carboxylic acids is 1. The van der Waals surface area contributed by atoms with E-state index in [1.165, 1.54) is 11.3 Å². The van der Waals surface area contributed by atoms with Crippen molar-refractivity contribution in [3.63, 3.8) is 0 Å². The molecule has 0 spiro atoms. The first kappa shape index (κ1) is 14.4. The van der Waals surface area contributed by atoms with Gasteiger partial charge in [-0.25, -0.2) is 0 Å². The Hall–Kier alpha value is -1.05. The van der Waals surface area contributed by atoms with E-state index in [9.17, 15) is 4.79 Å². The van der Waals surface area contributed by atoms with Crippen LogP contribution in [0.2, 0.25) is 0 Å². The predicted octanol–water partition coefficient (Wildman–Crippen LogP) is 4.12. The normalized spacial score (nSPS) is 10.3. The van der Waals surface area contributed by atoms with Gasteiger partial charge in [-0.2, -0.15) is 0 Å². The molecule has 0 radical (unpaired) electrons. The van der Waals surface area contributed by atoms with Gasteiger partial charge in [0.15, 0.2) is 0 Å². The van der Waals surface area contributed by atoms with E-state index >= 15 is 0 Å². The Morgan fingerprint density at radius 1 is 1.37 bits per heavy atom. The average molecular weight is 406 g/mol. The molecule has 3 N–H and O–H groups in total. The lowest BCUT2D eigenvalue weighted by Crippen LogP contribution is -2.12. The number of nitrogen functional groups attached to an aromatic ring is 1. The summed E-state index contributed by atoms with van der Waals surface area (Å²) in [5, 5.41) is 2.77. The summed E-state index contributed by atoms with van der Waals surface area (Å²) < 4.78 is 6.71. The van der Waals surface area contributed by atoms with Crippen molar-refractivity contribution in [1.82, 2.24) is 0 Å². The first-order valence-electron chi connectivity index (χ1n) is 5.21. The summed E-state index contributed by atoms with van der Waals surface area (Å²) in [6, 6.07) is 6.87. The SMILES string of the molecule is COc1ccc(NC(=O)c2cc(Br)sc2Br)c(N)c1. The third-order valence-electron chi connectivity index (χ3n) is 2.41. The number of anilines is 2. The Bertz CT molecular complexity index is 628. The van der Waals surface area contributed by atoms with Gasteiger partial charge in [-0.05, 0) is 50.1 Å². The number of thiophene rings is 1. The highest BCUT2D eigenvalue weighted by atomic mass is 79.9. The first-order chi connectivity index (χ1) is 9.01. The highest BCUT2D eigenvalue weighted by molar-refractivity contribution is 9.12. The van der Waals surface area contributed by atoms with Crippen LogP contribution < -0.4 is 15.8 Å². The van der Waals surface area contributed by atoms with Crippen molar-refractivity contribution in [3.8, 4) is 5.75 Å². The number of halogens is 2. The highest BCUT2D eigenvalue weighted by Crippen LogP contribution is 2.33. The van der Waals surface area contributed by atoms with Gasteiger partial charge in [0.25, 0.3) is 5.91 Å². The third kappa shape index (κ3) is 3.29. The van der Waals surface area contributed by atoms with Crippen LogP contribution in [0, 0.1) is 0 Å². The minimum Gasteiger partial charge on any atom is -0.497 e. The van der Waals surface area contributed by atoms with Gasteiger partial charge < -0.3 is 15.8 Å². The Kier molecular flexibility index (Phi) is 4.49. The van der Waals surface area contributed by atoms with Crippen molar-refractivity contribution in [2.75, 3.05) is 18.2 Å². The zero-order chi connectivity index (χ0) is 14.0. The van der Waals surface area contributed by atoms with Crippen LogP contribution in [-0.2, 0) is 0 Å². The Balaban J connectivity index is 2.22. The van der Waals surface area contributed by atoms with Gasteiger partial charge in [0, 0.05) is 6.07 Å². The van der Waals surface area contributed by atoms with Gasteiger partial charge in [-0.1, -0.05) is 0 Å². The molecule has 1 aromatic heterocycles. The maximum atomic E-state index is 12.1. The standard InChI is InChI=1S/C12H10Br2N2O2S/c1-18-6-2-3-9(8(15)4-6)16-12(17)7-5-10(13)19-11(7)14/h2-5H,15H2,1H3,(H,16,17). The van der Waals surface area contributed by atoms with Crippen LogP contribution in [0.1, 0.15) is 10.4 Å². The van der Waals surface area contributed by atoms with Gasteiger partial charge in [-0.3, -0.25) is 4.79 Å². The summed E-state index contributed by atoms with van der Waals surface area (Å²) in [6.07, 6.45) is 0. The molecule has 100 valence electrons. The molecule has 1 aromatic carbocycles. The minimum absolute atomic E-state index is 0.217. The molecular formula is C12H10Br2N2O2S. The number of methoxy groups -OCH3 is 1. The van der Waals surface area contributed by atoms with E-state index in [0.29, 0.717) is 22.7 Å². The van der Waals surface area contributed by atoms with Crippen LogP contribution in [0.5, 0.6) is 5.75 Å². The summed E-state index contributed by atoms with van der Waals surface area (Å²) in [7, 11) is 1.56. The summed E-state index contributed by atoms with van der Waals surface area (Å²) in [4.78, 5) is 12.1. The van der Waals surface area contributed by atoms with E-state index in [0.717, 1.165) is 7.57 Å². The van der Waals surface area contributed by atoms with E-state index in [1.54, 1.807) is 31.4 Å². The molecule has 1 amide bonds. The van der Waals surface area contributed by atoms with Gasteiger partial charge >= 0.3 is 0 Å². The molecular weight excluding hydrogens is 396 g/mol. The lowest BCUT2D eigenvalue weighted by atomic mass is 10.2. The second-order valence-electron chi connectivity index (χ2n) is 3.65. The largest absolute Gasteiger partial charge is 0.497 e. The Morgan fingerprint density at radius 2 is 2.11 bits per heavy atom. The van der Waals surface area contributed by atoms with Gasteiger partial charge in [0.05, 0.1) is 31.6 Å². The molecule has 0 saturated carbocycles. The van der Waals surface area contributed by atoms with Crippen LogP contribution in [0.25, 0.3) is 0 Å². The number of amides is 1. The zero-order valence-electron chi connectivity index (χ0n) is 9.87. The number of nitrogens with two attached hydrogens (primary N) is 1. The molecule has 0 bridgehead atoms. The number of hydrogen-bond acceptors (Lipinski definition) is 4. The van der Waals surface area contributed by atoms with Crippen molar-refractivity contribution in [1.29, 1.82) is 0 Å². The lowest BCUT2D eigenvalue weighted by Gasteiger charge is -2.09. The maximum absolute atomic E-state index is 12.1. The van der Waals surface area contributed by atoms with E-state index in [1.807, 2.05) is 0 Å². The van der Waals surface area contributed by atoms with Gasteiger partial charge in [-0.15, -0.1) is 11.3 Å². The molecule has 0 aliphatic carbocycles. The summed E-state index contributed by atoms with van der Waals surface area (Å²) in [6.45, 7) is 0. The third-order valence-corrected chi connectivity index (χ3v) is 4.75. The second kappa shape index (κ2) is 5.94. The Labute approximate surface area is 131 Å². The van der Waals surface area contributed by atoms with Crippen molar-refractivity contribution >= 4 is 60.5 Å². The van der Waals surface area contributed by atoms with Crippen LogP contribution in [0.4, 0.5) is 11.4 Å². The number of ether oxygens (including phenoxy) is 1. The smallest absolute Gasteiger partial charge is 0.257 e. The number of carbonyl (C=O) groups is 1. The molecule has 2 aromatic rings. The van der Waals surface area contributed by atoms with Crippen LogP contribution in [-0.4, -0.2) is 13.0 Å². The van der Waals surface area contributed by atoms with Crippen LogP contribution in [0.15, 0.2) is 31.8 Å². The molecule has 19 heavy (non-hydrogen) atoms. The number of benzene rings is 1. The zero-order valence-corrected chi connectivity index (χ0v) is 13.9. The molecule has 0 aliphatic heterocycles. The Morgan fingerprint density at radius 3 is 2.63 bits per heavy atom. The number of hydrogen-bond donors (Lipinski definition) is 2. The molecule has 0 unspecified atom stereocenters. The average Bonchev–Trinajstić information content (AvgIpc) is 2.71. The van der Waals surface area contributed by atoms with Gasteiger partial charge in [0.1, 0.15) is 5.75 Å². The van der Waals surface area contributed by atoms with E-state index in [4.69, 9.17) is 10.5 Å².